The average molecular weight is 341 g/mol. The summed E-state index contributed by atoms with van der Waals surface area (Å²) in [6, 6.07) is 4.66. The number of carbonyl (C=O) groups excluding carboxylic acids is 1. The van der Waals surface area contributed by atoms with Gasteiger partial charge in [0.2, 0.25) is 0 Å². The van der Waals surface area contributed by atoms with Crippen molar-refractivity contribution in [3.63, 3.8) is 0 Å². The van der Waals surface area contributed by atoms with Gasteiger partial charge in [-0.05, 0) is 56.5 Å². The van der Waals surface area contributed by atoms with Gasteiger partial charge in [0.1, 0.15) is 5.65 Å². The monoisotopic (exact) mass is 341 g/mol. The van der Waals surface area contributed by atoms with E-state index in [0.29, 0.717) is 12.6 Å². The molecule has 0 aromatic carbocycles. The molecule has 2 saturated heterocycles. The van der Waals surface area contributed by atoms with Gasteiger partial charge in [-0.1, -0.05) is 6.42 Å². The highest BCUT2D eigenvalue weighted by Crippen LogP contribution is 2.20. The van der Waals surface area contributed by atoms with Crippen LogP contribution in [0.15, 0.2) is 30.7 Å². The number of amides is 2. The molecule has 0 aliphatic carbocycles. The summed E-state index contributed by atoms with van der Waals surface area (Å²) >= 11 is 0. The SMILES string of the molecule is O=C(NCc1ccn2ccnc2c1)N1CCCCC(N2CCCC2)C1. The van der Waals surface area contributed by atoms with Gasteiger partial charge in [-0.15, -0.1) is 0 Å². The minimum atomic E-state index is 0.0642. The minimum Gasteiger partial charge on any atom is -0.334 e. The standard InChI is InChI=1S/C19H27N5O/c25-19(21-14-16-6-11-23-12-7-20-18(23)13-16)24-10-2-1-5-17(15-24)22-8-3-4-9-22/h6-7,11-13,17H,1-5,8-10,14-15H2,(H,21,25). The van der Waals surface area contributed by atoms with Crippen molar-refractivity contribution in [2.24, 2.45) is 0 Å². The van der Waals surface area contributed by atoms with Crippen molar-refractivity contribution in [2.45, 2.75) is 44.7 Å². The van der Waals surface area contributed by atoms with Gasteiger partial charge in [0.15, 0.2) is 0 Å². The molecule has 1 atom stereocenters. The zero-order valence-corrected chi connectivity index (χ0v) is 14.7. The van der Waals surface area contributed by atoms with Crippen LogP contribution in [-0.4, -0.2) is 57.4 Å². The summed E-state index contributed by atoms with van der Waals surface area (Å²) in [7, 11) is 0. The lowest BCUT2D eigenvalue weighted by molar-refractivity contribution is 0.165. The second-order valence-corrected chi connectivity index (χ2v) is 7.23. The minimum absolute atomic E-state index is 0.0642. The van der Waals surface area contributed by atoms with Gasteiger partial charge in [0.25, 0.3) is 0 Å². The van der Waals surface area contributed by atoms with E-state index in [-0.39, 0.29) is 6.03 Å². The maximum absolute atomic E-state index is 12.7. The average Bonchev–Trinajstić information content (AvgIpc) is 3.27. The largest absolute Gasteiger partial charge is 0.334 e. The number of hydrogen-bond acceptors (Lipinski definition) is 3. The van der Waals surface area contributed by atoms with Crippen LogP contribution in [0.3, 0.4) is 0 Å². The first-order valence-electron chi connectivity index (χ1n) is 9.48. The van der Waals surface area contributed by atoms with Crippen molar-refractivity contribution in [3.8, 4) is 0 Å². The van der Waals surface area contributed by atoms with E-state index in [1.165, 1.54) is 38.8 Å². The molecule has 2 aromatic heterocycles. The van der Waals surface area contributed by atoms with E-state index < -0.39 is 0 Å². The number of carbonyl (C=O) groups is 1. The van der Waals surface area contributed by atoms with Crippen molar-refractivity contribution < 1.29 is 4.79 Å². The third-order valence-electron chi connectivity index (χ3n) is 5.50. The third-order valence-corrected chi connectivity index (χ3v) is 5.50. The van der Waals surface area contributed by atoms with E-state index in [0.717, 1.165) is 30.7 Å². The fraction of sp³-hybridized carbons (Fsp3) is 0.579. The number of rotatable bonds is 3. The highest BCUT2D eigenvalue weighted by molar-refractivity contribution is 5.74. The van der Waals surface area contributed by atoms with Crippen LogP contribution < -0.4 is 5.32 Å². The van der Waals surface area contributed by atoms with E-state index in [1.807, 2.05) is 33.8 Å². The van der Waals surface area contributed by atoms with Crippen molar-refractivity contribution >= 4 is 11.7 Å². The molecule has 1 N–H and O–H groups in total. The molecule has 6 heteroatoms. The highest BCUT2D eigenvalue weighted by atomic mass is 16.2. The van der Waals surface area contributed by atoms with Gasteiger partial charge in [0, 0.05) is 44.3 Å². The Hall–Kier alpha value is -2.08. The summed E-state index contributed by atoms with van der Waals surface area (Å²) in [5.41, 5.74) is 1.99. The number of aromatic nitrogens is 2. The predicted octanol–water partition coefficient (Wildman–Crippen LogP) is 2.49. The molecule has 0 saturated carbocycles. The Kier molecular flexibility index (Phi) is 4.88. The Morgan fingerprint density at radius 3 is 2.88 bits per heavy atom. The first-order valence-corrected chi connectivity index (χ1v) is 9.48. The Morgan fingerprint density at radius 2 is 2.00 bits per heavy atom. The smallest absolute Gasteiger partial charge is 0.317 e. The molecule has 2 aromatic rings. The maximum atomic E-state index is 12.7. The first-order chi connectivity index (χ1) is 12.3. The molecule has 2 fully saturated rings. The fourth-order valence-electron chi connectivity index (χ4n) is 4.06. The Morgan fingerprint density at radius 1 is 1.16 bits per heavy atom. The van der Waals surface area contributed by atoms with Gasteiger partial charge >= 0.3 is 6.03 Å². The predicted molar refractivity (Wildman–Crippen MR) is 97.4 cm³/mol. The number of urea groups is 1. The summed E-state index contributed by atoms with van der Waals surface area (Å²) in [6.07, 6.45) is 11.9. The number of nitrogens with zero attached hydrogens (tertiary/aromatic N) is 4. The van der Waals surface area contributed by atoms with Crippen molar-refractivity contribution in [1.82, 2.24) is 24.5 Å². The summed E-state index contributed by atoms with van der Waals surface area (Å²) in [5, 5.41) is 3.10. The Balaban J connectivity index is 1.35. The molecule has 2 amide bonds. The lowest BCUT2D eigenvalue weighted by Crippen LogP contribution is -2.47. The molecule has 1 unspecified atom stereocenters. The molecule has 2 aliphatic heterocycles. The Bertz CT molecular complexity index is 721. The van der Waals surface area contributed by atoms with Crippen LogP contribution in [0.25, 0.3) is 5.65 Å². The second kappa shape index (κ2) is 7.44. The van der Waals surface area contributed by atoms with Crippen LogP contribution in [0.5, 0.6) is 0 Å². The molecule has 4 rings (SSSR count). The lowest BCUT2D eigenvalue weighted by atomic mass is 10.1. The summed E-state index contributed by atoms with van der Waals surface area (Å²) < 4.78 is 1.97. The number of fused-ring (bicyclic) bond motifs is 1. The molecular weight excluding hydrogens is 314 g/mol. The van der Waals surface area contributed by atoms with Crippen LogP contribution in [0, 0.1) is 0 Å². The van der Waals surface area contributed by atoms with Crippen LogP contribution in [0.1, 0.15) is 37.7 Å². The zero-order valence-electron chi connectivity index (χ0n) is 14.7. The molecule has 0 radical (unpaired) electrons. The van der Waals surface area contributed by atoms with Crippen LogP contribution >= 0.6 is 0 Å². The number of pyridine rings is 1. The van der Waals surface area contributed by atoms with Crippen molar-refractivity contribution in [2.75, 3.05) is 26.2 Å². The number of nitrogens with one attached hydrogen (secondary N) is 1. The third kappa shape index (κ3) is 3.79. The second-order valence-electron chi connectivity index (χ2n) is 7.23. The highest BCUT2D eigenvalue weighted by Gasteiger charge is 2.27. The summed E-state index contributed by atoms with van der Waals surface area (Å²) in [4.78, 5) is 21.6. The molecule has 0 spiro atoms. The van der Waals surface area contributed by atoms with Crippen LogP contribution in [-0.2, 0) is 6.54 Å². The van der Waals surface area contributed by atoms with Gasteiger partial charge in [-0.3, -0.25) is 4.90 Å². The first kappa shape index (κ1) is 16.4. The van der Waals surface area contributed by atoms with Gasteiger partial charge in [0.05, 0.1) is 0 Å². The lowest BCUT2D eigenvalue weighted by Gasteiger charge is -2.30. The van der Waals surface area contributed by atoms with E-state index in [2.05, 4.69) is 15.2 Å². The molecule has 4 heterocycles. The molecule has 25 heavy (non-hydrogen) atoms. The molecule has 2 aliphatic rings. The number of imidazole rings is 1. The molecular formula is C19H27N5O. The summed E-state index contributed by atoms with van der Waals surface area (Å²) in [6.45, 7) is 4.68. The van der Waals surface area contributed by atoms with Crippen LogP contribution in [0.4, 0.5) is 4.79 Å². The van der Waals surface area contributed by atoms with Crippen molar-refractivity contribution in [1.29, 1.82) is 0 Å². The van der Waals surface area contributed by atoms with Crippen molar-refractivity contribution in [3.05, 3.63) is 36.3 Å². The topological polar surface area (TPSA) is 52.9 Å². The zero-order chi connectivity index (χ0) is 17.1. The fourth-order valence-corrected chi connectivity index (χ4v) is 4.06. The molecule has 134 valence electrons. The van der Waals surface area contributed by atoms with E-state index in [4.69, 9.17) is 0 Å². The molecule has 6 nitrogen and oxygen atoms in total. The summed E-state index contributed by atoms with van der Waals surface area (Å²) in [5.74, 6) is 0. The van der Waals surface area contributed by atoms with E-state index >= 15 is 0 Å². The number of likely N-dealkylation sites (tertiary alicyclic amines) is 2. The molecule has 0 bridgehead atoms. The van der Waals surface area contributed by atoms with Gasteiger partial charge < -0.3 is 14.6 Å². The Labute approximate surface area is 148 Å². The van der Waals surface area contributed by atoms with Crippen LogP contribution in [0.2, 0.25) is 0 Å². The van der Waals surface area contributed by atoms with Gasteiger partial charge in [-0.2, -0.15) is 0 Å². The van der Waals surface area contributed by atoms with E-state index in [1.54, 1.807) is 6.20 Å². The normalized spacial score (nSPS) is 22.2. The number of hydrogen-bond donors (Lipinski definition) is 1. The quantitative estimate of drug-likeness (QED) is 0.933. The van der Waals surface area contributed by atoms with Gasteiger partial charge in [-0.25, -0.2) is 9.78 Å². The van der Waals surface area contributed by atoms with E-state index in [9.17, 15) is 4.79 Å². The maximum Gasteiger partial charge on any atom is 0.317 e.